The van der Waals surface area contributed by atoms with E-state index in [1.807, 2.05) is 61.5 Å². The third kappa shape index (κ3) is 4.11. The quantitative estimate of drug-likeness (QED) is 0.599. The predicted octanol–water partition coefficient (Wildman–Crippen LogP) is 5.05. The number of carbonyl (C=O) groups excluding carboxylic acids is 2. The number of anilines is 3. The van der Waals surface area contributed by atoms with Crippen LogP contribution in [0.5, 0.6) is 0 Å². The minimum atomic E-state index is -0.595. The highest BCUT2D eigenvalue weighted by Gasteiger charge is 2.38. The summed E-state index contributed by atoms with van der Waals surface area (Å²) in [6.45, 7) is 8.12. The smallest absolute Gasteiger partial charge is 0.259 e. The Morgan fingerprint density at radius 2 is 1.66 bits per heavy atom. The number of fused-ring (bicyclic) bond motifs is 1. The molecule has 3 aromatic carbocycles. The van der Waals surface area contributed by atoms with E-state index < -0.39 is 6.04 Å². The van der Waals surface area contributed by atoms with Crippen molar-refractivity contribution in [3.8, 4) is 0 Å². The second-order valence-corrected chi connectivity index (χ2v) is 8.05. The lowest BCUT2D eigenvalue weighted by Crippen LogP contribution is -2.45. The molecule has 0 spiro atoms. The van der Waals surface area contributed by atoms with Gasteiger partial charge in [0.1, 0.15) is 6.04 Å². The van der Waals surface area contributed by atoms with Gasteiger partial charge in [-0.2, -0.15) is 0 Å². The van der Waals surface area contributed by atoms with Gasteiger partial charge in [0, 0.05) is 42.1 Å². The number of hydrogen-bond acceptors (Lipinski definition) is 3. The zero-order chi connectivity index (χ0) is 22.7. The Hall–Kier alpha value is -3.60. The van der Waals surface area contributed by atoms with Crippen LogP contribution in [0.2, 0.25) is 0 Å². The summed E-state index contributed by atoms with van der Waals surface area (Å²) in [7, 11) is 0. The number of benzene rings is 3. The number of nitrogens with zero attached hydrogens (tertiary/aromatic N) is 2. The van der Waals surface area contributed by atoms with Crippen molar-refractivity contribution < 1.29 is 9.59 Å². The summed E-state index contributed by atoms with van der Waals surface area (Å²) >= 11 is 0. The SMILES string of the molecule is CCN(CC)c1ccc(NC(=O)C2Cc3ccccc3N2C(=O)c2ccccc2)c(C)c1. The Morgan fingerprint density at radius 3 is 2.34 bits per heavy atom. The molecule has 3 aromatic rings. The van der Waals surface area contributed by atoms with Gasteiger partial charge in [0.25, 0.3) is 5.91 Å². The predicted molar refractivity (Wildman–Crippen MR) is 131 cm³/mol. The molecule has 5 heteroatoms. The minimum Gasteiger partial charge on any atom is -0.372 e. The standard InChI is InChI=1S/C27H29N3O2/c1-4-29(5-2)22-15-16-23(19(3)17-22)28-26(31)25-18-21-13-9-10-14-24(21)30(25)27(32)20-11-7-6-8-12-20/h6-17,25H,4-5,18H2,1-3H3,(H,28,31). The molecule has 1 aliphatic heterocycles. The van der Waals surface area contributed by atoms with Crippen molar-refractivity contribution in [1.82, 2.24) is 0 Å². The van der Waals surface area contributed by atoms with E-state index in [1.165, 1.54) is 0 Å². The molecule has 164 valence electrons. The Balaban J connectivity index is 1.61. The molecule has 1 atom stereocenters. The van der Waals surface area contributed by atoms with Crippen molar-refractivity contribution in [2.24, 2.45) is 0 Å². The Morgan fingerprint density at radius 1 is 0.969 bits per heavy atom. The Labute approximate surface area is 189 Å². The normalized spacial score (nSPS) is 14.7. The number of para-hydroxylation sites is 1. The number of nitrogens with one attached hydrogen (secondary N) is 1. The van der Waals surface area contributed by atoms with Gasteiger partial charge in [-0.15, -0.1) is 0 Å². The van der Waals surface area contributed by atoms with Gasteiger partial charge in [-0.1, -0.05) is 36.4 Å². The Bertz CT molecular complexity index is 1120. The van der Waals surface area contributed by atoms with Gasteiger partial charge < -0.3 is 10.2 Å². The van der Waals surface area contributed by atoms with Crippen molar-refractivity contribution in [3.63, 3.8) is 0 Å². The van der Waals surface area contributed by atoms with Crippen LogP contribution in [-0.2, 0) is 11.2 Å². The van der Waals surface area contributed by atoms with Gasteiger partial charge in [0.2, 0.25) is 5.91 Å². The zero-order valence-corrected chi connectivity index (χ0v) is 18.8. The molecule has 0 saturated carbocycles. The van der Waals surface area contributed by atoms with Crippen LogP contribution in [0.25, 0.3) is 0 Å². The van der Waals surface area contributed by atoms with Crippen LogP contribution in [0.4, 0.5) is 17.1 Å². The van der Waals surface area contributed by atoms with Gasteiger partial charge in [0.15, 0.2) is 0 Å². The van der Waals surface area contributed by atoms with Gasteiger partial charge >= 0.3 is 0 Å². The first kappa shape index (κ1) is 21.6. The van der Waals surface area contributed by atoms with Gasteiger partial charge in [-0.25, -0.2) is 0 Å². The number of carbonyl (C=O) groups is 2. The van der Waals surface area contributed by atoms with E-state index in [0.717, 1.165) is 41.3 Å². The number of hydrogen-bond donors (Lipinski definition) is 1. The molecule has 0 aliphatic carbocycles. The van der Waals surface area contributed by atoms with Crippen LogP contribution in [-0.4, -0.2) is 30.9 Å². The van der Waals surface area contributed by atoms with Gasteiger partial charge in [-0.3, -0.25) is 14.5 Å². The largest absolute Gasteiger partial charge is 0.372 e. The van der Waals surface area contributed by atoms with Gasteiger partial charge in [-0.05, 0) is 68.3 Å². The highest BCUT2D eigenvalue weighted by Crippen LogP contribution is 2.34. The second kappa shape index (κ2) is 9.27. The maximum absolute atomic E-state index is 13.4. The first-order valence-corrected chi connectivity index (χ1v) is 11.2. The molecule has 0 bridgehead atoms. The number of amides is 2. The summed E-state index contributed by atoms with van der Waals surface area (Å²) in [5, 5.41) is 3.07. The van der Waals surface area contributed by atoms with Crippen LogP contribution in [0.3, 0.4) is 0 Å². The van der Waals surface area contributed by atoms with Crippen molar-refractivity contribution >= 4 is 28.9 Å². The van der Waals surface area contributed by atoms with E-state index in [9.17, 15) is 9.59 Å². The lowest BCUT2D eigenvalue weighted by molar-refractivity contribution is -0.117. The number of rotatable bonds is 6. The molecule has 5 nitrogen and oxygen atoms in total. The molecule has 0 saturated heterocycles. The second-order valence-electron chi connectivity index (χ2n) is 8.05. The summed E-state index contributed by atoms with van der Waals surface area (Å²) in [4.78, 5) is 30.7. The van der Waals surface area contributed by atoms with E-state index >= 15 is 0 Å². The highest BCUT2D eigenvalue weighted by atomic mass is 16.2. The summed E-state index contributed by atoms with van der Waals surface area (Å²) < 4.78 is 0. The van der Waals surface area contributed by atoms with E-state index in [0.29, 0.717) is 12.0 Å². The molecule has 2 amide bonds. The summed E-state index contributed by atoms with van der Waals surface area (Å²) in [6, 6.07) is 22.4. The van der Waals surface area contributed by atoms with Crippen molar-refractivity contribution in [2.45, 2.75) is 33.2 Å². The van der Waals surface area contributed by atoms with Crippen LogP contribution in [0, 0.1) is 6.92 Å². The van der Waals surface area contributed by atoms with E-state index in [2.05, 4.69) is 30.1 Å². The van der Waals surface area contributed by atoms with E-state index in [1.54, 1.807) is 17.0 Å². The average Bonchev–Trinajstić information content (AvgIpc) is 3.21. The first-order valence-electron chi connectivity index (χ1n) is 11.2. The molecule has 0 radical (unpaired) electrons. The lowest BCUT2D eigenvalue weighted by Gasteiger charge is -2.26. The molecular weight excluding hydrogens is 398 g/mol. The van der Waals surface area contributed by atoms with Crippen LogP contribution >= 0.6 is 0 Å². The topological polar surface area (TPSA) is 52.7 Å². The molecule has 32 heavy (non-hydrogen) atoms. The van der Waals surface area contributed by atoms with Gasteiger partial charge in [0.05, 0.1) is 0 Å². The van der Waals surface area contributed by atoms with Crippen LogP contribution < -0.4 is 15.1 Å². The van der Waals surface area contributed by atoms with Crippen molar-refractivity contribution in [3.05, 3.63) is 89.5 Å². The molecule has 1 aliphatic rings. The summed E-state index contributed by atoms with van der Waals surface area (Å²) in [6.07, 6.45) is 0.497. The minimum absolute atomic E-state index is 0.163. The van der Waals surface area contributed by atoms with Crippen LogP contribution in [0.15, 0.2) is 72.8 Å². The molecule has 1 unspecified atom stereocenters. The number of aryl methyl sites for hydroxylation is 1. The van der Waals surface area contributed by atoms with Crippen molar-refractivity contribution in [2.75, 3.05) is 28.2 Å². The lowest BCUT2D eigenvalue weighted by atomic mass is 10.1. The van der Waals surface area contributed by atoms with Crippen molar-refractivity contribution in [1.29, 1.82) is 0 Å². The third-order valence-electron chi connectivity index (χ3n) is 6.11. The maximum atomic E-state index is 13.4. The fourth-order valence-electron chi connectivity index (χ4n) is 4.36. The van der Waals surface area contributed by atoms with E-state index in [4.69, 9.17) is 0 Å². The highest BCUT2D eigenvalue weighted by molar-refractivity contribution is 6.13. The van der Waals surface area contributed by atoms with E-state index in [-0.39, 0.29) is 11.8 Å². The fraction of sp³-hybridized carbons (Fsp3) is 0.259. The molecule has 1 N–H and O–H groups in total. The molecule has 0 aromatic heterocycles. The molecule has 4 rings (SSSR count). The molecular formula is C27H29N3O2. The summed E-state index contributed by atoms with van der Waals surface area (Å²) in [5.74, 6) is -0.339. The average molecular weight is 428 g/mol. The Kier molecular flexibility index (Phi) is 6.26. The first-order chi connectivity index (χ1) is 15.5. The summed E-state index contributed by atoms with van der Waals surface area (Å²) in [5.41, 5.74) is 5.29. The molecule has 1 heterocycles. The zero-order valence-electron chi connectivity index (χ0n) is 18.8. The third-order valence-corrected chi connectivity index (χ3v) is 6.11. The van der Waals surface area contributed by atoms with Crippen LogP contribution in [0.1, 0.15) is 35.3 Å². The monoisotopic (exact) mass is 427 g/mol. The maximum Gasteiger partial charge on any atom is 0.259 e. The molecule has 0 fully saturated rings. The fourth-order valence-corrected chi connectivity index (χ4v) is 4.36.